The van der Waals surface area contributed by atoms with Crippen LogP contribution in [0.1, 0.15) is 17.4 Å². The second-order valence-corrected chi connectivity index (χ2v) is 8.85. The van der Waals surface area contributed by atoms with E-state index >= 15 is 0 Å². The summed E-state index contributed by atoms with van der Waals surface area (Å²) in [6, 6.07) is 12.2. The highest BCUT2D eigenvalue weighted by atomic mass is 35.5. The zero-order chi connectivity index (χ0) is 19.9. The first-order chi connectivity index (χ1) is 13.4. The van der Waals surface area contributed by atoms with Crippen LogP contribution in [0.2, 0.25) is 5.02 Å². The molecule has 0 atom stereocenters. The number of sulfonamides is 1. The molecule has 1 aliphatic heterocycles. The van der Waals surface area contributed by atoms with Crippen molar-refractivity contribution in [3.05, 3.63) is 58.9 Å². The van der Waals surface area contributed by atoms with Crippen molar-refractivity contribution in [2.45, 2.75) is 17.7 Å². The van der Waals surface area contributed by atoms with E-state index in [-0.39, 0.29) is 23.9 Å². The number of benzene rings is 2. The third kappa shape index (κ3) is 3.17. The van der Waals surface area contributed by atoms with Gasteiger partial charge in [-0.3, -0.25) is 0 Å². The van der Waals surface area contributed by atoms with Crippen LogP contribution >= 0.6 is 11.6 Å². The van der Waals surface area contributed by atoms with Gasteiger partial charge in [-0.2, -0.15) is 9.29 Å². The maximum Gasteiger partial charge on any atom is 0.243 e. The number of nitrogens with zero attached hydrogens (tertiary/aromatic N) is 3. The normalized spacial score (nSPS) is 15.4. The largest absolute Gasteiger partial charge is 0.496 e. The minimum absolute atomic E-state index is 0.148. The summed E-state index contributed by atoms with van der Waals surface area (Å²) in [6.45, 7) is 2.26. The molecule has 0 radical (unpaired) electrons. The number of para-hydroxylation sites is 1. The fourth-order valence-electron chi connectivity index (χ4n) is 3.14. The van der Waals surface area contributed by atoms with E-state index in [0.29, 0.717) is 28.1 Å². The minimum Gasteiger partial charge on any atom is -0.496 e. The van der Waals surface area contributed by atoms with Crippen LogP contribution in [0.25, 0.3) is 11.4 Å². The van der Waals surface area contributed by atoms with Gasteiger partial charge < -0.3 is 9.26 Å². The lowest BCUT2D eigenvalue weighted by atomic mass is 10.0. The molecule has 0 spiro atoms. The maximum atomic E-state index is 12.9. The molecule has 1 aliphatic rings. The second-order valence-electron chi connectivity index (χ2n) is 6.54. The third-order valence-electron chi connectivity index (χ3n) is 4.82. The van der Waals surface area contributed by atoms with Gasteiger partial charge in [-0.1, -0.05) is 35.0 Å². The first-order valence-electron chi connectivity index (χ1n) is 8.64. The molecule has 1 saturated heterocycles. The van der Waals surface area contributed by atoms with Gasteiger partial charge in [0.05, 0.1) is 23.5 Å². The van der Waals surface area contributed by atoms with Gasteiger partial charge in [0.25, 0.3) is 0 Å². The Morgan fingerprint density at radius 3 is 2.68 bits per heavy atom. The summed E-state index contributed by atoms with van der Waals surface area (Å²) in [5.74, 6) is 1.32. The number of rotatable bonds is 5. The van der Waals surface area contributed by atoms with E-state index in [0.717, 1.165) is 5.56 Å². The van der Waals surface area contributed by atoms with Crippen molar-refractivity contribution < 1.29 is 17.7 Å². The Kier molecular flexibility index (Phi) is 4.86. The number of hydrogen-bond acceptors (Lipinski definition) is 6. The first kappa shape index (κ1) is 18.9. The van der Waals surface area contributed by atoms with Gasteiger partial charge in [0.15, 0.2) is 0 Å². The molecule has 9 heteroatoms. The van der Waals surface area contributed by atoms with Crippen molar-refractivity contribution in [1.29, 1.82) is 0 Å². The van der Waals surface area contributed by atoms with Crippen LogP contribution in [0.4, 0.5) is 0 Å². The molecule has 0 N–H and O–H groups in total. The molecular formula is C19H18ClN3O4S. The number of methoxy groups -OCH3 is 1. The van der Waals surface area contributed by atoms with E-state index in [4.69, 9.17) is 20.9 Å². The van der Waals surface area contributed by atoms with Gasteiger partial charge in [0.1, 0.15) is 5.75 Å². The molecule has 2 heterocycles. The molecule has 1 aromatic heterocycles. The summed E-state index contributed by atoms with van der Waals surface area (Å²) in [5, 5.41) is 4.44. The highest BCUT2D eigenvalue weighted by molar-refractivity contribution is 7.89. The molecule has 28 heavy (non-hydrogen) atoms. The summed E-state index contributed by atoms with van der Waals surface area (Å²) in [6.07, 6.45) is 0. The third-order valence-corrected chi connectivity index (χ3v) is 7.21. The lowest BCUT2D eigenvalue weighted by Gasteiger charge is -2.36. The molecule has 3 aromatic rings. The zero-order valence-corrected chi connectivity index (χ0v) is 16.9. The Balaban J connectivity index is 1.52. The quantitative estimate of drug-likeness (QED) is 0.629. The van der Waals surface area contributed by atoms with E-state index in [1.165, 1.54) is 4.31 Å². The van der Waals surface area contributed by atoms with Crippen LogP contribution in [-0.4, -0.2) is 43.1 Å². The van der Waals surface area contributed by atoms with Gasteiger partial charge in [-0.05, 0) is 36.8 Å². The van der Waals surface area contributed by atoms with Crippen molar-refractivity contribution in [1.82, 2.24) is 14.4 Å². The second kappa shape index (κ2) is 7.20. The predicted octanol–water partition coefficient (Wildman–Crippen LogP) is 3.50. The molecule has 146 valence electrons. The zero-order valence-electron chi connectivity index (χ0n) is 15.3. The Labute approximate surface area is 167 Å². The average molecular weight is 420 g/mol. The van der Waals surface area contributed by atoms with Crippen LogP contribution in [0.15, 0.2) is 51.9 Å². The van der Waals surface area contributed by atoms with Gasteiger partial charge in [0, 0.05) is 18.1 Å². The average Bonchev–Trinajstić information content (AvgIpc) is 3.11. The van der Waals surface area contributed by atoms with Crippen molar-refractivity contribution in [2.75, 3.05) is 20.2 Å². The van der Waals surface area contributed by atoms with Gasteiger partial charge in [-0.15, -0.1) is 0 Å². The maximum absolute atomic E-state index is 12.9. The summed E-state index contributed by atoms with van der Waals surface area (Å²) in [7, 11) is -2.04. The molecule has 0 saturated carbocycles. The van der Waals surface area contributed by atoms with Crippen LogP contribution in [-0.2, 0) is 10.0 Å². The molecular weight excluding hydrogens is 402 g/mol. The monoisotopic (exact) mass is 419 g/mol. The Morgan fingerprint density at radius 1 is 1.18 bits per heavy atom. The topological polar surface area (TPSA) is 85.5 Å². The summed E-state index contributed by atoms with van der Waals surface area (Å²) in [4.78, 5) is 4.65. The lowest BCUT2D eigenvalue weighted by molar-refractivity contribution is 0.216. The Hall–Kier alpha value is -2.42. The number of hydrogen-bond donors (Lipinski definition) is 0. The van der Waals surface area contributed by atoms with Crippen molar-refractivity contribution in [3.8, 4) is 17.1 Å². The smallest absolute Gasteiger partial charge is 0.243 e. The van der Waals surface area contributed by atoms with Crippen LogP contribution in [0, 0.1) is 6.92 Å². The number of aromatic nitrogens is 2. The van der Waals surface area contributed by atoms with Gasteiger partial charge in [-0.25, -0.2) is 8.42 Å². The highest BCUT2D eigenvalue weighted by Gasteiger charge is 2.41. The minimum atomic E-state index is -3.61. The summed E-state index contributed by atoms with van der Waals surface area (Å²) >= 11 is 6.07. The Bertz CT molecular complexity index is 1120. The number of halogens is 1. The van der Waals surface area contributed by atoms with E-state index in [2.05, 4.69) is 10.1 Å². The molecule has 0 unspecified atom stereocenters. The number of ether oxygens (including phenoxy) is 1. The standard InChI is InChI=1S/C19H18ClN3O4S/c1-12-15(20)7-5-9-17(12)28(24,25)23-10-13(11-23)19-21-18(22-27-19)14-6-3-4-8-16(14)26-2/h3-9,13H,10-11H2,1-2H3. The van der Waals surface area contributed by atoms with Crippen LogP contribution in [0.3, 0.4) is 0 Å². The van der Waals surface area contributed by atoms with Crippen molar-refractivity contribution in [3.63, 3.8) is 0 Å². The van der Waals surface area contributed by atoms with E-state index < -0.39 is 10.0 Å². The van der Waals surface area contributed by atoms with E-state index in [1.54, 1.807) is 32.2 Å². The molecule has 0 aliphatic carbocycles. The van der Waals surface area contributed by atoms with Crippen molar-refractivity contribution >= 4 is 21.6 Å². The molecule has 2 aromatic carbocycles. The molecule has 1 fully saturated rings. The van der Waals surface area contributed by atoms with Gasteiger partial charge in [0.2, 0.25) is 21.7 Å². The van der Waals surface area contributed by atoms with Crippen molar-refractivity contribution in [2.24, 2.45) is 0 Å². The van der Waals surface area contributed by atoms with Crippen LogP contribution < -0.4 is 4.74 Å². The highest BCUT2D eigenvalue weighted by Crippen LogP contribution is 2.35. The fraction of sp³-hybridized carbons (Fsp3) is 0.263. The Morgan fingerprint density at radius 2 is 1.93 bits per heavy atom. The van der Waals surface area contributed by atoms with E-state index in [9.17, 15) is 8.42 Å². The molecule has 4 rings (SSSR count). The first-order valence-corrected chi connectivity index (χ1v) is 10.5. The molecule has 7 nitrogen and oxygen atoms in total. The summed E-state index contributed by atoms with van der Waals surface area (Å²) < 4.78 is 37.8. The fourth-order valence-corrected chi connectivity index (χ4v) is 5.15. The van der Waals surface area contributed by atoms with Crippen LogP contribution in [0.5, 0.6) is 5.75 Å². The molecule has 0 bridgehead atoms. The molecule has 0 amide bonds. The van der Waals surface area contributed by atoms with E-state index in [1.807, 2.05) is 24.3 Å². The summed E-state index contributed by atoms with van der Waals surface area (Å²) in [5.41, 5.74) is 1.27. The predicted molar refractivity (Wildman–Crippen MR) is 104 cm³/mol. The lowest BCUT2D eigenvalue weighted by Crippen LogP contribution is -2.48. The SMILES string of the molecule is COc1ccccc1-c1noc(C2CN(S(=O)(=O)c3cccc(Cl)c3C)C2)n1. The van der Waals surface area contributed by atoms with Gasteiger partial charge >= 0.3 is 0 Å².